The molecule has 1 atom stereocenters. The lowest BCUT2D eigenvalue weighted by Gasteiger charge is -2.30. The molecule has 2 N–H and O–H groups in total. The second kappa shape index (κ2) is 10.6. The highest BCUT2D eigenvalue weighted by Crippen LogP contribution is 2.46. The third kappa shape index (κ3) is 5.11. The molecule has 1 aliphatic rings. The number of rotatable bonds is 8. The van der Waals surface area contributed by atoms with E-state index in [1.54, 1.807) is 26.8 Å². The lowest BCUT2D eigenvalue weighted by atomic mass is 9.94. The molecule has 2 aromatic carbocycles. The minimum atomic E-state index is -0.890. The summed E-state index contributed by atoms with van der Waals surface area (Å²) in [5.41, 5.74) is 1.84. The molecule has 32 heavy (non-hydrogen) atoms. The van der Waals surface area contributed by atoms with Crippen molar-refractivity contribution in [1.29, 1.82) is 0 Å². The van der Waals surface area contributed by atoms with Crippen molar-refractivity contribution in [1.82, 2.24) is 10.6 Å². The lowest BCUT2D eigenvalue weighted by Crippen LogP contribution is -2.45. The summed E-state index contributed by atoms with van der Waals surface area (Å²) in [5, 5.41) is 5.77. The maximum atomic E-state index is 13.1. The van der Waals surface area contributed by atoms with Crippen LogP contribution in [0.1, 0.15) is 37.9 Å². The van der Waals surface area contributed by atoms with E-state index in [2.05, 4.69) is 10.6 Å². The van der Waals surface area contributed by atoms with Gasteiger partial charge in [0.15, 0.2) is 5.75 Å². The second-order valence-electron chi connectivity index (χ2n) is 6.92. The number of nitrogens with one attached hydrogen (secondary N) is 2. The van der Waals surface area contributed by atoms with Crippen LogP contribution in [-0.2, 0) is 16.1 Å². The first-order valence-corrected chi connectivity index (χ1v) is 10.9. The molecular formula is C23H24Cl2N2O5. The molecule has 3 rings (SSSR count). The first kappa shape index (κ1) is 23.8. The average molecular weight is 479 g/mol. The number of hydrogen-bond acceptors (Lipinski definition) is 5. The predicted molar refractivity (Wildman–Crippen MR) is 122 cm³/mol. The summed E-state index contributed by atoms with van der Waals surface area (Å²) >= 11 is 13.0. The van der Waals surface area contributed by atoms with Crippen LogP contribution in [0, 0.1) is 0 Å². The van der Waals surface area contributed by atoms with Crippen molar-refractivity contribution in [3.63, 3.8) is 0 Å². The van der Waals surface area contributed by atoms with E-state index in [1.807, 2.05) is 30.3 Å². The molecule has 170 valence electrons. The lowest BCUT2D eigenvalue weighted by molar-refractivity contribution is -0.140. The molecule has 1 aliphatic heterocycles. The molecule has 0 aliphatic carbocycles. The number of halogens is 2. The Hall–Kier alpha value is -2.90. The number of esters is 1. The average Bonchev–Trinajstić information content (AvgIpc) is 2.77. The monoisotopic (exact) mass is 478 g/mol. The smallest absolute Gasteiger partial charge is 0.338 e. The molecule has 2 aromatic rings. The van der Waals surface area contributed by atoms with E-state index < -0.39 is 18.0 Å². The third-order valence-corrected chi connectivity index (χ3v) is 5.37. The molecule has 7 nitrogen and oxygen atoms in total. The fourth-order valence-electron chi connectivity index (χ4n) is 3.38. The van der Waals surface area contributed by atoms with Gasteiger partial charge in [-0.05, 0) is 32.4 Å². The van der Waals surface area contributed by atoms with Gasteiger partial charge in [0.25, 0.3) is 0 Å². The fraction of sp³-hybridized carbons (Fsp3) is 0.304. The molecule has 0 saturated heterocycles. The standard InChI is InChI=1S/C23H24Cl2N2O5/c1-4-30-20-15(11-16(24)21(18(20)25)31-5-2)19-17(13(3)26-23(29)27-19)22(28)32-12-14-9-7-6-8-10-14/h6-11,19H,4-5,12H2,1-3H3,(H2,26,27,29). The number of urea groups is 1. The number of ether oxygens (including phenoxy) is 3. The zero-order chi connectivity index (χ0) is 23.3. The van der Waals surface area contributed by atoms with Crippen LogP contribution in [-0.4, -0.2) is 25.2 Å². The van der Waals surface area contributed by atoms with E-state index in [0.29, 0.717) is 24.5 Å². The van der Waals surface area contributed by atoms with Gasteiger partial charge in [-0.3, -0.25) is 0 Å². The van der Waals surface area contributed by atoms with Crippen molar-refractivity contribution in [3.8, 4) is 11.5 Å². The second-order valence-corrected chi connectivity index (χ2v) is 7.70. The number of amides is 2. The van der Waals surface area contributed by atoms with Crippen LogP contribution < -0.4 is 20.1 Å². The first-order valence-electron chi connectivity index (χ1n) is 10.1. The van der Waals surface area contributed by atoms with Crippen molar-refractivity contribution >= 4 is 35.2 Å². The molecule has 1 unspecified atom stereocenters. The zero-order valence-corrected chi connectivity index (χ0v) is 19.5. The number of benzene rings is 2. The van der Waals surface area contributed by atoms with Crippen LogP contribution in [0.5, 0.6) is 11.5 Å². The van der Waals surface area contributed by atoms with Gasteiger partial charge in [0.05, 0.1) is 29.9 Å². The van der Waals surface area contributed by atoms with Gasteiger partial charge in [-0.1, -0.05) is 53.5 Å². The predicted octanol–water partition coefficient (Wildman–Crippen LogP) is 5.16. The molecule has 9 heteroatoms. The van der Waals surface area contributed by atoms with Crippen LogP contribution in [0.2, 0.25) is 10.0 Å². The van der Waals surface area contributed by atoms with Gasteiger partial charge in [0.2, 0.25) is 0 Å². The van der Waals surface area contributed by atoms with E-state index >= 15 is 0 Å². The first-order chi connectivity index (χ1) is 15.4. The molecule has 0 aromatic heterocycles. The highest BCUT2D eigenvalue weighted by molar-refractivity contribution is 6.38. The summed E-state index contributed by atoms with van der Waals surface area (Å²) < 4.78 is 16.9. The highest BCUT2D eigenvalue weighted by Gasteiger charge is 2.36. The minimum absolute atomic E-state index is 0.0836. The summed E-state index contributed by atoms with van der Waals surface area (Å²) in [7, 11) is 0. The van der Waals surface area contributed by atoms with Crippen molar-refractivity contribution < 1.29 is 23.8 Å². The molecule has 0 spiro atoms. The highest BCUT2D eigenvalue weighted by atomic mass is 35.5. The number of carbonyl (C=O) groups is 2. The van der Waals surface area contributed by atoms with Gasteiger partial charge in [0, 0.05) is 11.3 Å². The fourth-order valence-corrected chi connectivity index (χ4v) is 4.02. The maximum Gasteiger partial charge on any atom is 0.338 e. The Labute approximate surface area is 196 Å². The van der Waals surface area contributed by atoms with Crippen molar-refractivity contribution in [3.05, 3.63) is 68.8 Å². The molecule has 0 radical (unpaired) electrons. The summed E-state index contributed by atoms with van der Waals surface area (Å²) in [5.74, 6) is -0.0417. The Kier molecular flexibility index (Phi) is 7.88. The van der Waals surface area contributed by atoms with E-state index in [-0.39, 0.29) is 33.7 Å². The van der Waals surface area contributed by atoms with Crippen molar-refractivity contribution in [2.75, 3.05) is 13.2 Å². The Balaban J connectivity index is 2.02. The Morgan fingerprint density at radius 3 is 2.38 bits per heavy atom. The summed E-state index contributed by atoms with van der Waals surface area (Å²) in [6.07, 6.45) is 0. The molecule has 1 heterocycles. The van der Waals surface area contributed by atoms with E-state index in [4.69, 9.17) is 37.4 Å². The van der Waals surface area contributed by atoms with Gasteiger partial charge in [-0.25, -0.2) is 9.59 Å². The maximum absolute atomic E-state index is 13.1. The van der Waals surface area contributed by atoms with E-state index in [1.165, 1.54) is 0 Å². The Bertz CT molecular complexity index is 1040. The van der Waals surface area contributed by atoms with Gasteiger partial charge in [-0.2, -0.15) is 0 Å². The van der Waals surface area contributed by atoms with Crippen LogP contribution in [0.25, 0.3) is 0 Å². The molecule has 2 amide bonds. The summed E-state index contributed by atoms with van der Waals surface area (Å²) in [6, 6.07) is 9.52. The van der Waals surface area contributed by atoms with Crippen LogP contribution >= 0.6 is 23.2 Å². The van der Waals surface area contributed by atoms with Gasteiger partial charge in [0.1, 0.15) is 17.4 Å². The van der Waals surface area contributed by atoms with Crippen LogP contribution in [0.15, 0.2) is 47.7 Å². The Morgan fingerprint density at radius 1 is 1.06 bits per heavy atom. The van der Waals surface area contributed by atoms with Crippen molar-refractivity contribution in [2.24, 2.45) is 0 Å². The zero-order valence-electron chi connectivity index (χ0n) is 18.0. The molecule has 0 fully saturated rings. The molecular weight excluding hydrogens is 455 g/mol. The normalized spacial score (nSPS) is 15.7. The third-order valence-electron chi connectivity index (χ3n) is 4.75. The van der Waals surface area contributed by atoms with E-state index in [0.717, 1.165) is 5.56 Å². The largest absolute Gasteiger partial charge is 0.492 e. The van der Waals surface area contributed by atoms with Crippen molar-refractivity contribution in [2.45, 2.75) is 33.4 Å². The summed E-state index contributed by atoms with van der Waals surface area (Å²) in [6.45, 7) is 5.97. The number of allylic oxidation sites excluding steroid dienone is 1. The quantitative estimate of drug-likeness (QED) is 0.511. The van der Waals surface area contributed by atoms with E-state index in [9.17, 15) is 9.59 Å². The topological polar surface area (TPSA) is 85.9 Å². The van der Waals surface area contributed by atoms with Gasteiger partial charge in [-0.15, -0.1) is 0 Å². The van der Waals surface area contributed by atoms with Gasteiger partial charge < -0.3 is 24.8 Å². The van der Waals surface area contributed by atoms with Crippen LogP contribution in [0.3, 0.4) is 0 Å². The SMILES string of the molecule is CCOc1c(Cl)cc(C2NC(=O)NC(C)=C2C(=O)OCc2ccccc2)c(OCC)c1Cl. The number of hydrogen-bond donors (Lipinski definition) is 2. The minimum Gasteiger partial charge on any atom is -0.492 e. The van der Waals surface area contributed by atoms with Crippen LogP contribution in [0.4, 0.5) is 4.79 Å². The summed E-state index contributed by atoms with van der Waals surface area (Å²) in [4.78, 5) is 25.4. The molecule has 0 bridgehead atoms. The number of carbonyl (C=O) groups excluding carboxylic acids is 2. The van der Waals surface area contributed by atoms with Gasteiger partial charge >= 0.3 is 12.0 Å². The Morgan fingerprint density at radius 2 is 1.72 bits per heavy atom. The molecule has 0 saturated carbocycles.